The minimum Gasteiger partial charge on any atom is -0.377 e. The first-order valence-electron chi connectivity index (χ1n) is 6.85. The van der Waals surface area contributed by atoms with Crippen LogP contribution in [0.25, 0.3) is 0 Å². The van der Waals surface area contributed by atoms with Crippen molar-refractivity contribution in [3.63, 3.8) is 0 Å². The Labute approximate surface area is 123 Å². The highest BCUT2D eigenvalue weighted by molar-refractivity contribution is 5.59. The maximum Gasteiger partial charge on any atom is 0.158 e. The quantitative estimate of drug-likeness (QED) is 0.819. The summed E-state index contributed by atoms with van der Waals surface area (Å²) >= 11 is 0. The molecule has 2 rings (SSSR count). The Kier molecular flexibility index (Phi) is 5.45. The first kappa shape index (κ1) is 15.2. The molecule has 21 heavy (non-hydrogen) atoms. The SMILES string of the molecule is CCCNc1cc(Nc2ccccc2F)nc(COC)n1. The first-order chi connectivity index (χ1) is 10.2. The monoisotopic (exact) mass is 290 g/mol. The third kappa shape index (κ3) is 4.39. The molecule has 5 nitrogen and oxygen atoms in total. The lowest BCUT2D eigenvalue weighted by Gasteiger charge is -2.11. The number of nitrogens with one attached hydrogen (secondary N) is 2. The number of aromatic nitrogens is 2. The summed E-state index contributed by atoms with van der Waals surface area (Å²) in [4.78, 5) is 8.66. The van der Waals surface area contributed by atoms with Crippen molar-refractivity contribution in [1.29, 1.82) is 0 Å². The number of methoxy groups -OCH3 is 1. The molecular weight excluding hydrogens is 271 g/mol. The van der Waals surface area contributed by atoms with Gasteiger partial charge in [0.1, 0.15) is 24.1 Å². The zero-order valence-electron chi connectivity index (χ0n) is 12.2. The predicted molar refractivity (Wildman–Crippen MR) is 81.2 cm³/mol. The maximum absolute atomic E-state index is 13.7. The fourth-order valence-electron chi connectivity index (χ4n) is 1.80. The second-order valence-electron chi connectivity index (χ2n) is 4.52. The van der Waals surface area contributed by atoms with E-state index in [0.717, 1.165) is 13.0 Å². The number of hydrogen-bond acceptors (Lipinski definition) is 5. The topological polar surface area (TPSA) is 59.1 Å². The zero-order chi connectivity index (χ0) is 15.1. The lowest BCUT2D eigenvalue weighted by molar-refractivity contribution is 0.178. The highest BCUT2D eigenvalue weighted by Gasteiger charge is 2.07. The molecule has 0 bridgehead atoms. The number of anilines is 3. The van der Waals surface area contributed by atoms with Crippen molar-refractivity contribution in [2.45, 2.75) is 20.0 Å². The van der Waals surface area contributed by atoms with Crippen molar-refractivity contribution in [2.24, 2.45) is 0 Å². The van der Waals surface area contributed by atoms with Crippen LogP contribution < -0.4 is 10.6 Å². The number of ether oxygens (including phenoxy) is 1. The van der Waals surface area contributed by atoms with Crippen LogP contribution in [0.15, 0.2) is 30.3 Å². The Hall–Kier alpha value is -2.21. The van der Waals surface area contributed by atoms with Gasteiger partial charge in [-0.25, -0.2) is 14.4 Å². The van der Waals surface area contributed by atoms with Crippen LogP contribution in [0.3, 0.4) is 0 Å². The number of para-hydroxylation sites is 1. The van der Waals surface area contributed by atoms with Crippen LogP contribution in [0, 0.1) is 5.82 Å². The van der Waals surface area contributed by atoms with E-state index in [2.05, 4.69) is 27.5 Å². The van der Waals surface area contributed by atoms with Gasteiger partial charge in [0, 0.05) is 19.7 Å². The average Bonchev–Trinajstić information content (AvgIpc) is 2.48. The normalized spacial score (nSPS) is 10.4. The molecule has 0 radical (unpaired) electrons. The highest BCUT2D eigenvalue weighted by atomic mass is 19.1. The van der Waals surface area contributed by atoms with Crippen molar-refractivity contribution < 1.29 is 9.13 Å². The van der Waals surface area contributed by atoms with Gasteiger partial charge in [-0.3, -0.25) is 0 Å². The molecule has 0 spiro atoms. The van der Waals surface area contributed by atoms with Gasteiger partial charge in [0.2, 0.25) is 0 Å². The Bertz CT molecular complexity index is 592. The van der Waals surface area contributed by atoms with Crippen LogP contribution in [0.2, 0.25) is 0 Å². The molecule has 112 valence electrons. The minimum absolute atomic E-state index is 0.299. The molecule has 0 amide bonds. The van der Waals surface area contributed by atoms with Crippen molar-refractivity contribution in [3.05, 3.63) is 42.0 Å². The van der Waals surface area contributed by atoms with E-state index < -0.39 is 0 Å². The molecule has 6 heteroatoms. The van der Waals surface area contributed by atoms with Crippen LogP contribution in [0.1, 0.15) is 19.2 Å². The average molecular weight is 290 g/mol. The summed E-state index contributed by atoms with van der Waals surface area (Å²) in [6.45, 7) is 3.18. The molecule has 0 aliphatic heterocycles. The largest absolute Gasteiger partial charge is 0.377 e. The van der Waals surface area contributed by atoms with Gasteiger partial charge < -0.3 is 15.4 Å². The minimum atomic E-state index is -0.326. The molecule has 1 aromatic heterocycles. The third-order valence-corrected chi connectivity index (χ3v) is 2.74. The molecule has 0 fully saturated rings. The highest BCUT2D eigenvalue weighted by Crippen LogP contribution is 2.20. The number of rotatable bonds is 7. The molecular formula is C15H19FN4O. The first-order valence-corrected chi connectivity index (χ1v) is 6.85. The van der Waals surface area contributed by atoms with Gasteiger partial charge in [0.15, 0.2) is 5.82 Å². The number of nitrogens with zero attached hydrogens (tertiary/aromatic N) is 2. The summed E-state index contributed by atoms with van der Waals surface area (Å²) < 4.78 is 18.7. The second-order valence-corrected chi connectivity index (χ2v) is 4.52. The van der Waals surface area contributed by atoms with Crippen molar-refractivity contribution >= 4 is 17.3 Å². The molecule has 0 unspecified atom stereocenters. The van der Waals surface area contributed by atoms with Crippen LogP contribution in [0.5, 0.6) is 0 Å². The fraction of sp³-hybridized carbons (Fsp3) is 0.333. The number of halogens is 1. The van der Waals surface area contributed by atoms with Gasteiger partial charge in [-0.2, -0.15) is 0 Å². The van der Waals surface area contributed by atoms with Gasteiger partial charge in [-0.05, 0) is 18.6 Å². The van der Waals surface area contributed by atoms with Crippen molar-refractivity contribution in [2.75, 3.05) is 24.3 Å². The molecule has 2 aromatic rings. The summed E-state index contributed by atoms with van der Waals surface area (Å²) in [5.41, 5.74) is 0.376. The van der Waals surface area contributed by atoms with Gasteiger partial charge in [-0.15, -0.1) is 0 Å². The zero-order valence-corrected chi connectivity index (χ0v) is 12.2. The smallest absolute Gasteiger partial charge is 0.158 e. The molecule has 0 aliphatic carbocycles. The summed E-state index contributed by atoms with van der Waals surface area (Å²) in [6, 6.07) is 8.22. The molecule has 0 atom stereocenters. The van der Waals surface area contributed by atoms with E-state index in [1.165, 1.54) is 6.07 Å². The Morgan fingerprint density at radius 2 is 1.95 bits per heavy atom. The Balaban J connectivity index is 2.24. The van der Waals surface area contributed by atoms with E-state index in [0.29, 0.717) is 29.8 Å². The summed E-state index contributed by atoms with van der Waals surface area (Å²) in [7, 11) is 1.58. The maximum atomic E-state index is 13.7. The van der Waals surface area contributed by atoms with E-state index in [1.54, 1.807) is 31.4 Å². The summed E-state index contributed by atoms with van der Waals surface area (Å²) in [5, 5.41) is 6.16. The molecule has 2 N–H and O–H groups in total. The Morgan fingerprint density at radius 1 is 1.19 bits per heavy atom. The third-order valence-electron chi connectivity index (χ3n) is 2.74. The Morgan fingerprint density at radius 3 is 2.67 bits per heavy atom. The summed E-state index contributed by atoms with van der Waals surface area (Å²) in [6.07, 6.45) is 0.986. The molecule has 1 aromatic carbocycles. The van der Waals surface area contributed by atoms with Gasteiger partial charge in [0.05, 0.1) is 5.69 Å². The van der Waals surface area contributed by atoms with E-state index in [4.69, 9.17) is 4.74 Å². The predicted octanol–water partition coefficient (Wildman–Crippen LogP) is 3.33. The summed E-state index contributed by atoms with van der Waals surface area (Å²) in [5.74, 6) is 1.43. The van der Waals surface area contributed by atoms with Crippen LogP contribution in [-0.2, 0) is 11.3 Å². The second kappa shape index (κ2) is 7.54. The number of benzene rings is 1. The molecule has 1 heterocycles. The van der Waals surface area contributed by atoms with Crippen LogP contribution >= 0.6 is 0 Å². The van der Waals surface area contributed by atoms with Gasteiger partial charge in [-0.1, -0.05) is 19.1 Å². The van der Waals surface area contributed by atoms with E-state index in [1.807, 2.05) is 0 Å². The molecule has 0 aliphatic rings. The van der Waals surface area contributed by atoms with Crippen molar-refractivity contribution in [1.82, 2.24) is 9.97 Å². The molecule has 0 saturated carbocycles. The number of hydrogen-bond donors (Lipinski definition) is 2. The van der Waals surface area contributed by atoms with Crippen LogP contribution in [-0.4, -0.2) is 23.6 Å². The fourth-order valence-corrected chi connectivity index (χ4v) is 1.80. The molecule has 0 saturated heterocycles. The van der Waals surface area contributed by atoms with Crippen molar-refractivity contribution in [3.8, 4) is 0 Å². The van der Waals surface area contributed by atoms with E-state index >= 15 is 0 Å². The van der Waals surface area contributed by atoms with E-state index in [-0.39, 0.29) is 5.82 Å². The standard InChI is InChI=1S/C15H19FN4O/c1-3-8-17-13-9-14(20-15(19-13)10-21-2)18-12-7-5-4-6-11(12)16/h4-7,9H,3,8,10H2,1-2H3,(H2,17,18,19,20). The van der Waals surface area contributed by atoms with Crippen LogP contribution in [0.4, 0.5) is 21.7 Å². The van der Waals surface area contributed by atoms with Gasteiger partial charge in [0.25, 0.3) is 0 Å². The lowest BCUT2D eigenvalue weighted by Crippen LogP contribution is -2.08. The van der Waals surface area contributed by atoms with E-state index in [9.17, 15) is 4.39 Å². The lowest BCUT2D eigenvalue weighted by atomic mass is 10.3. The van der Waals surface area contributed by atoms with Gasteiger partial charge >= 0.3 is 0 Å².